The molecule has 0 amide bonds. The maximum Gasteiger partial charge on any atom is 0.306 e. The van der Waals surface area contributed by atoms with E-state index in [0.29, 0.717) is 12.0 Å². The number of rotatable bonds is 6. The van der Waals surface area contributed by atoms with Crippen LogP contribution in [-0.2, 0) is 14.3 Å². The molecule has 2 atom stereocenters. The summed E-state index contributed by atoms with van der Waals surface area (Å²) < 4.78 is 24.3. The number of carbonyl (C=O) groups is 1. The maximum absolute atomic E-state index is 13.7. The number of benzene rings is 1. The predicted molar refractivity (Wildman–Crippen MR) is 71.2 cm³/mol. The molecular weight excluding hydrogens is 247 g/mol. The minimum atomic E-state index is -0.600. The Kier molecular flexibility index (Phi) is 5.96. The molecule has 0 radical (unpaired) electrons. The minimum absolute atomic E-state index is 0.231. The fourth-order valence-electron chi connectivity index (χ4n) is 1.93. The lowest BCUT2D eigenvalue weighted by Gasteiger charge is -2.23. The Hall–Kier alpha value is -1.42. The number of ether oxygens (including phenoxy) is 2. The van der Waals surface area contributed by atoms with Crippen molar-refractivity contribution in [2.75, 3.05) is 7.11 Å². The van der Waals surface area contributed by atoms with Crippen LogP contribution in [0, 0.1) is 11.7 Å². The topological polar surface area (TPSA) is 35.5 Å². The van der Waals surface area contributed by atoms with Crippen molar-refractivity contribution in [3.05, 3.63) is 35.6 Å². The summed E-state index contributed by atoms with van der Waals surface area (Å²) in [5, 5.41) is 0. The number of methoxy groups -OCH3 is 1. The number of halogens is 1. The van der Waals surface area contributed by atoms with E-state index in [-0.39, 0.29) is 17.7 Å². The van der Waals surface area contributed by atoms with E-state index in [1.165, 1.54) is 13.2 Å². The van der Waals surface area contributed by atoms with Crippen molar-refractivity contribution in [1.29, 1.82) is 0 Å². The van der Waals surface area contributed by atoms with Crippen LogP contribution in [0.4, 0.5) is 4.39 Å². The van der Waals surface area contributed by atoms with Crippen molar-refractivity contribution in [1.82, 2.24) is 0 Å². The van der Waals surface area contributed by atoms with Gasteiger partial charge in [-0.15, -0.1) is 0 Å². The Bertz CT molecular complexity index is 418. The zero-order valence-corrected chi connectivity index (χ0v) is 11.9. The second kappa shape index (κ2) is 7.24. The van der Waals surface area contributed by atoms with Gasteiger partial charge in [0.15, 0.2) is 0 Å². The van der Waals surface area contributed by atoms with Crippen LogP contribution in [0.5, 0.6) is 0 Å². The van der Waals surface area contributed by atoms with E-state index in [2.05, 4.69) is 0 Å². The third-order valence-electron chi connectivity index (χ3n) is 2.78. The first-order valence-electron chi connectivity index (χ1n) is 6.42. The summed E-state index contributed by atoms with van der Waals surface area (Å²) in [4.78, 5) is 11.6. The lowest BCUT2D eigenvalue weighted by molar-refractivity contribution is -0.156. The van der Waals surface area contributed by atoms with Crippen LogP contribution in [0.1, 0.15) is 38.9 Å². The quantitative estimate of drug-likeness (QED) is 0.741. The number of hydrogen-bond donors (Lipinski definition) is 0. The Morgan fingerprint density at radius 1 is 1.26 bits per heavy atom. The van der Waals surface area contributed by atoms with E-state index in [9.17, 15) is 9.18 Å². The summed E-state index contributed by atoms with van der Waals surface area (Å²) in [7, 11) is 1.48. The standard InChI is InChI=1S/C15H21FO3/c1-10(2)9-14(17)19-11(3)15(18-4)12-7-5-6-8-13(12)16/h5-8,10-11,15H,9H2,1-4H3/t11-,15+/m0/s1. The van der Waals surface area contributed by atoms with Crippen LogP contribution >= 0.6 is 0 Å². The first kappa shape index (κ1) is 15.6. The molecule has 0 aromatic heterocycles. The molecule has 1 aromatic rings. The highest BCUT2D eigenvalue weighted by Crippen LogP contribution is 2.25. The Balaban J connectivity index is 2.75. The molecule has 0 N–H and O–H groups in total. The summed E-state index contributed by atoms with van der Waals surface area (Å²) in [5.41, 5.74) is 0.398. The van der Waals surface area contributed by atoms with Crippen molar-refractivity contribution in [2.45, 2.75) is 39.4 Å². The lowest BCUT2D eigenvalue weighted by atomic mass is 10.0. The molecule has 0 unspecified atom stereocenters. The van der Waals surface area contributed by atoms with E-state index in [0.717, 1.165) is 0 Å². The number of esters is 1. The number of carbonyl (C=O) groups excluding carboxylic acids is 1. The average Bonchev–Trinajstić information content (AvgIpc) is 2.31. The summed E-state index contributed by atoms with van der Waals surface area (Å²) >= 11 is 0. The average molecular weight is 268 g/mol. The SMILES string of the molecule is CO[C@@H](c1ccccc1F)[C@H](C)OC(=O)CC(C)C. The van der Waals surface area contributed by atoms with Gasteiger partial charge in [-0.1, -0.05) is 32.0 Å². The minimum Gasteiger partial charge on any atom is -0.460 e. The van der Waals surface area contributed by atoms with Crippen molar-refractivity contribution in [3.63, 3.8) is 0 Å². The summed E-state index contributed by atoms with van der Waals surface area (Å²) in [6.45, 7) is 5.59. The smallest absolute Gasteiger partial charge is 0.306 e. The van der Waals surface area contributed by atoms with Crippen LogP contribution in [0.25, 0.3) is 0 Å². The number of hydrogen-bond acceptors (Lipinski definition) is 3. The van der Waals surface area contributed by atoms with E-state index >= 15 is 0 Å². The van der Waals surface area contributed by atoms with Crippen LogP contribution in [0.15, 0.2) is 24.3 Å². The van der Waals surface area contributed by atoms with Crippen LogP contribution in [0.3, 0.4) is 0 Å². The molecule has 0 bridgehead atoms. The van der Waals surface area contributed by atoms with E-state index in [1.54, 1.807) is 25.1 Å². The fraction of sp³-hybridized carbons (Fsp3) is 0.533. The zero-order valence-electron chi connectivity index (χ0n) is 11.9. The zero-order chi connectivity index (χ0) is 14.4. The van der Waals surface area contributed by atoms with Crippen LogP contribution in [0.2, 0.25) is 0 Å². The van der Waals surface area contributed by atoms with Gasteiger partial charge in [-0.3, -0.25) is 4.79 Å². The highest BCUT2D eigenvalue weighted by atomic mass is 19.1. The molecule has 106 valence electrons. The molecule has 0 saturated carbocycles. The third-order valence-corrected chi connectivity index (χ3v) is 2.78. The molecule has 0 spiro atoms. The fourth-order valence-corrected chi connectivity index (χ4v) is 1.93. The molecule has 0 saturated heterocycles. The van der Waals surface area contributed by atoms with Crippen LogP contribution in [-0.4, -0.2) is 19.2 Å². The van der Waals surface area contributed by atoms with Gasteiger partial charge in [0.1, 0.15) is 18.0 Å². The second-order valence-electron chi connectivity index (χ2n) is 4.97. The van der Waals surface area contributed by atoms with E-state index < -0.39 is 12.2 Å². The first-order valence-corrected chi connectivity index (χ1v) is 6.42. The van der Waals surface area contributed by atoms with Crippen molar-refractivity contribution in [2.24, 2.45) is 5.92 Å². The highest BCUT2D eigenvalue weighted by Gasteiger charge is 2.25. The van der Waals surface area contributed by atoms with Gasteiger partial charge in [0.2, 0.25) is 0 Å². The van der Waals surface area contributed by atoms with E-state index in [4.69, 9.17) is 9.47 Å². The highest BCUT2D eigenvalue weighted by molar-refractivity contribution is 5.69. The molecule has 0 heterocycles. The van der Waals surface area contributed by atoms with Gasteiger partial charge in [-0.2, -0.15) is 0 Å². The largest absolute Gasteiger partial charge is 0.460 e. The molecule has 1 rings (SSSR count). The van der Waals surface area contributed by atoms with Gasteiger partial charge < -0.3 is 9.47 Å². The predicted octanol–water partition coefficient (Wildman–Crippen LogP) is 3.49. The van der Waals surface area contributed by atoms with Gasteiger partial charge in [-0.25, -0.2) is 4.39 Å². The Morgan fingerprint density at radius 2 is 1.89 bits per heavy atom. The molecular formula is C15H21FO3. The van der Waals surface area contributed by atoms with Crippen molar-refractivity contribution < 1.29 is 18.7 Å². The normalized spacial score (nSPS) is 14.2. The monoisotopic (exact) mass is 268 g/mol. The van der Waals surface area contributed by atoms with Gasteiger partial charge >= 0.3 is 5.97 Å². The summed E-state index contributed by atoms with van der Waals surface area (Å²) in [5.74, 6) is -0.420. The van der Waals surface area contributed by atoms with Gasteiger partial charge in [0.25, 0.3) is 0 Å². The molecule has 0 aliphatic rings. The van der Waals surface area contributed by atoms with Crippen LogP contribution < -0.4 is 0 Å². The molecule has 4 heteroatoms. The Morgan fingerprint density at radius 3 is 2.42 bits per heavy atom. The molecule has 0 aliphatic heterocycles. The second-order valence-corrected chi connectivity index (χ2v) is 4.97. The molecule has 3 nitrogen and oxygen atoms in total. The maximum atomic E-state index is 13.7. The molecule has 0 aliphatic carbocycles. The third kappa shape index (κ3) is 4.63. The molecule has 19 heavy (non-hydrogen) atoms. The Labute approximate surface area is 113 Å². The lowest BCUT2D eigenvalue weighted by Crippen LogP contribution is -2.25. The molecule has 1 aromatic carbocycles. The van der Waals surface area contributed by atoms with Gasteiger partial charge in [-0.05, 0) is 18.9 Å². The molecule has 0 fully saturated rings. The first-order chi connectivity index (χ1) is 8.95. The van der Waals surface area contributed by atoms with Gasteiger partial charge in [0.05, 0.1) is 0 Å². The van der Waals surface area contributed by atoms with E-state index in [1.807, 2.05) is 13.8 Å². The van der Waals surface area contributed by atoms with Crippen molar-refractivity contribution in [3.8, 4) is 0 Å². The van der Waals surface area contributed by atoms with Crippen molar-refractivity contribution >= 4 is 5.97 Å². The summed E-state index contributed by atoms with van der Waals surface area (Å²) in [6.07, 6.45) is -0.789. The van der Waals surface area contributed by atoms with Gasteiger partial charge in [0, 0.05) is 19.1 Å². The summed E-state index contributed by atoms with van der Waals surface area (Å²) in [6, 6.07) is 6.34.